The van der Waals surface area contributed by atoms with Crippen molar-refractivity contribution in [3.05, 3.63) is 29.8 Å². The Hall–Kier alpha value is -1.59. The van der Waals surface area contributed by atoms with Crippen LogP contribution in [0.25, 0.3) is 0 Å². The van der Waals surface area contributed by atoms with Crippen LogP contribution in [0.15, 0.2) is 24.3 Å². The first-order chi connectivity index (χ1) is 8.99. The van der Waals surface area contributed by atoms with Crippen molar-refractivity contribution in [3.8, 4) is 5.75 Å². The number of benzene rings is 1. The molecule has 3 N–H and O–H groups in total. The predicted molar refractivity (Wildman–Crippen MR) is 74.0 cm³/mol. The summed E-state index contributed by atoms with van der Waals surface area (Å²) in [5.74, 6) is 0.679. The van der Waals surface area contributed by atoms with Crippen LogP contribution in [-0.2, 0) is 11.3 Å². The van der Waals surface area contributed by atoms with Crippen molar-refractivity contribution in [2.24, 2.45) is 0 Å². The third-order valence-corrected chi connectivity index (χ3v) is 2.86. The average molecular weight is 266 g/mol. The summed E-state index contributed by atoms with van der Waals surface area (Å²) in [6, 6.07) is 7.67. The molecule has 0 aromatic heterocycles. The van der Waals surface area contributed by atoms with Crippen LogP contribution in [-0.4, -0.2) is 36.8 Å². The molecular formula is C14H22N2O3. The van der Waals surface area contributed by atoms with Crippen LogP contribution in [0.1, 0.15) is 19.4 Å². The van der Waals surface area contributed by atoms with Gasteiger partial charge in [0.15, 0.2) is 0 Å². The highest BCUT2D eigenvalue weighted by Crippen LogP contribution is 2.12. The Kier molecular flexibility index (Phi) is 5.79. The number of hydrogen-bond acceptors (Lipinski definition) is 4. The Bertz CT molecular complexity index is 402. The van der Waals surface area contributed by atoms with Gasteiger partial charge in [-0.25, -0.2) is 0 Å². The monoisotopic (exact) mass is 266 g/mol. The highest BCUT2D eigenvalue weighted by molar-refractivity contribution is 5.85. The van der Waals surface area contributed by atoms with Crippen molar-refractivity contribution < 1.29 is 14.6 Å². The summed E-state index contributed by atoms with van der Waals surface area (Å²) >= 11 is 0. The second-order valence-corrected chi connectivity index (χ2v) is 4.81. The zero-order valence-corrected chi connectivity index (χ0v) is 11.7. The van der Waals surface area contributed by atoms with Crippen molar-refractivity contribution in [2.45, 2.75) is 25.9 Å². The molecule has 5 heteroatoms. The van der Waals surface area contributed by atoms with E-state index in [2.05, 4.69) is 10.6 Å². The molecule has 0 heterocycles. The highest BCUT2D eigenvalue weighted by atomic mass is 16.5. The molecule has 0 fully saturated rings. The van der Waals surface area contributed by atoms with Gasteiger partial charge in [-0.15, -0.1) is 0 Å². The van der Waals surface area contributed by atoms with Crippen molar-refractivity contribution in [2.75, 3.05) is 20.3 Å². The number of aliphatic hydroxyl groups excluding tert-OH is 1. The van der Waals surface area contributed by atoms with Gasteiger partial charge in [-0.05, 0) is 31.5 Å². The topological polar surface area (TPSA) is 70.6 Å². The summed E-state index contributed by atoms with van der Waals surface area (Å²) in [6.07, 6.45) is 0. The molecule has 1 amide bonds. The number of methoxy groups -OCH3 is 1. The number of rotatable bonds is 7. The number of aliphatic hydroxyl groups is 1. The summed E-state index contributed by atoms with van der Waals surface area (Å²) in [6.45, 7) is 4.42. The molecule has 19 heavy (non-hydrogen) atoms. The lowest BCUT2D eigenvalue weighted by atomic mass is 10.0. The third kappa shape index (κ3) is 4.89. The van der Waals surface area contributed by atoms with Crippen LogP contribution < -0.4 is 15.4 Å². The molecule has 0 aliphatic carbocycles. The van der Waals surface area contributed by atoms with Crippen LogP contribution in [0.5, 0.6) is 5.75 Å². The van der Waals surface area contributed by atoms with Crippen molar-refractivity contribution in [3.63, 3.8) is 0 Å². The van der Waals surface area contributed by atoms with E-state index < -0.39 is 5.54 Å². The predicted octanol–water partition coefficient (Wildman–Crippen LogP) is 0.672. The van der Waals surface area contributed by atoms with Gasteiger partial charge in [-0.3, -0.25) is 10.1 Å². The van der Waals surface area contributed by atoms with Crippen LogP contribution in [0.3, 0.4) is 0 Å². The van der Waals surface area contributed by atoms with Gasteiger partial charge >= 0.3 is 0 Å². The van der Waals surface area contributed by atoms with Gasteiger partial charge < -0.3 is 15.2 Å². The van der Waals surface area contributed by atoms with Gasteiger partial charge in [0.1, 0.15) is 5.75 Å². The first-order valence-electron chi connectivity index (χ1n) is 6.26. The van der Waals surface area contributed by atoms with Crippen LogP contribution in [0.4, 0.5) is 0 Å². The Labute approximate surface area is 114 Å². The molecule has 0 radical (unpaired) electrons. The van der Waals surface area contributed by atoms with Gasteiger partial charge in [0.05, 0.1) is 19.3 Å². The van der Waals surface area contributed by atoms with E-state index in [1.807, 2.05) is 38.1 Å². The minimum Gasteiger partial charge on any atom is -0.497 e. The maximum atomic E-state index is 11.8. The Morgan fingerprint density at radius 2 is 1.95 bits per heavy atom. The minimum absolute atomic E-state index is 0.0553. The van der Waals surface area contributed by atoms with E-state index in [1.54, 1.807) is 7.11 Å². The second-order valence-electron chi connectivity index (χ2n) is 4.81. The summed E-state index contributed by atoms with van der Waals surface area (Å²) in [4.78, 5) is 11.8. The lowest BCUT2D eigenvalue weighted by Gasteiger charge is -2.25. The normalized spacial score (nSPS) is 11.2. The van der Waals surface area contributed by atoms with E-state index in [-0.39, 0.29) is 19.1 Å². The van der Waals surface area contributed by atoms with Gasteiger partial charge in [0, 0.05) is 13.1 Å². The first kappa shape index (κ1) is 15.5. The molecule has 0 saturated carbocycles. The molecule has 0 aliphatic rings. The first-order valence-corrected chi connectivity index (χ1v) is 6.26. The summed E-state index contributed by atoms with van der Waals surface area (Å²) < 4.78 is 5.09. The highest BCUT2D eigenvalue weighted by Gasteiger charge is 2.26. The van der Waals surface area contributed by atoms with Crippen LogP contribution in [0.2, 0.25) is 0 Å². The third-order valence-electron chi connectivity index (χ3n) is 2.86. The van der Waals surface area contributed by atoms with E-state index >= 15 is 0 Å². The number of hydrogen-bond donors (Lipinski definition) is 3. The quantitative estimate of drug-likeness (QED) is 0.678. The summed E-state index contributed by atoms with van der Waals surface area (Å²) in [5, 5.41) is 14.5. The zero-order chi connectivity index (χ0) is 14.3. The molecule has 0 unspecified atom stereocenters. The second kappa shape index (κ2) is 7.11. The van der Waals surface area contributed by atoms with Crippen LogP contribution in [0, 0.1) is 0 Å². The average Bonchev–Trinajstić information content (AvgIpc) is 2.43. The molecule has 1 rings (SSSR count). The molecule has 106 valence electrons. The molecule has 1 aromatic rings. The molecule has 0 bridgehead atoms. The van der Waals surface area contributed by atoms with E-state index in [0.29, 0.717) is 6.54 Å². The number of carbonyl (C=O) groups excluding carboxylic acids is 1. The van der Waals surface area contributed by atoms with E-state index in [0.717, 1.165) is 11.3 Å². The Balaban J connectivity index is 2.51. The van der Waals surface area contributed by atoms with Crippen molar-refractivity contribution >= 4 is 5.91 Å². The van der Waals surface area contributed by atoms with Crippen molar-refractivity contribution in [1.29, 1.82) is 0 Å². The van der Waals surface area contributed by atoms with E-state index in [1.165, 1.54) is 0 Å². The lowest BCUT2D eigenvalue weighted by Crippen LogP contribution is -2.52. The largest absolute Gasteiger partial charge is 0.497 e. The number of nitrogens with one attached hydrogen (secondary N) is 2. The fraction of sp³-hybridized carbons (Fsp3) is 0.500. The van der Waals surface area contributed by atoms with Gasteiger partial charge in [0.25, 0.3) is 0 Å². The molecule has 1 aromatic carbocycles. The fourth-order valence-electron chi connectivity index (χ4n) is 1.54. The van der Waals surface area contributed by atoms with Crippen LogP contribution >= 0.6 is 0 Å². The molecular weight excluding hydrogens is 244 g/mol. The zero-order valence-electron chi connectivity index (χ0n) is 11.7. The minimum atomic E-state index is -0.685. The molecule has 0 saturated heterocycles. The fourth-order valence-corrected chi connectivity index (χ4v) is 1.54. The summed E-state index contributed by atoms with van der Waals surface area (Å²) in [5.41, 5.74) is 0.388. The number of carbonyl (C=O) groups is 1. The summed E-state index contributed by atoms with van der Waals surface area (Å²) in [7, 11) is 1.63. The molecule has 5 nitrogen and oxygen atoms in total. The van der Waals surface area contributed by atoms with Gasteiger partial charge in [0.2, 0.25) is 5.91 Å². The maximum Gasteiger partial charge on any atom is 0.239 e. The molecule has 0 aliphatic heterocycles. The lowest BCUT2D eigenvalue weighted by molar-refractivity contribution is -0.126. The SMILES string of the molecule is COc1ccc(CNC(C)(C)C(=O)NCCO)cc1. The smallest absolute Gasteiger partial charge is 0.239 e. The van der Waals surface area contributed by atoms with E-state index in [9.17, 15) is 4.79 Å². The van der Waals surface area contributed by atoms with Gasteiger partial charge in [-0.2, -0.15) is 0 Å². The molecule has 0 atom stereocenters. The number of amides is 1. The van der Waals surface area contributed by atoms with Crippen molar-refractivity contribution in [1.82, 2.24) is 10.6 Å². The standard InChI is InChI=1S/C14H22N2O3/c1-14(2,13(18)15-8-9-17)16-10-11-4-6-12(19-3)7-5-11/h4-7,16-17H,8-10H2,1-3H3,(H,15,18). The Morgan fingerprint density at radius 1 is 1.32 bits per heavy atom. The van der Waals surface area contributed by atoms with E-state index in [4.69, 9.17) is 9.84 Å². The van der Waals surface area contributed by atoms with Gasteiger partial charge in [-0.1, -0.05) is 12.1 Å². The Morgan fingerprint density at radius 3 is 2.47 bits per heavy atom. The maximum absolute atomic E-state index is 11.8. The molecule has 0 spiro atoms. The number of ether oxygens (including phenoxy) is 1.